The summed E-state index contributed by atoms with van der Waals surface area (Å²) in [6.07, 6.45) is 1.55. The standard InChI is InChI=1S/C19H14BrCl2IN2O2/c1-25(2)19(26)13(9-24)5-12-6-14(20)18(17(23)8-12)27-10-11-3-4-15(21)16(22)7-11/h3-8H,10H2,1-2H3/b13-5-. The predicted octanol–water partition coefficient (Wildman–Crippen LogP) is 5.93. The first kappa shape index (κ1) is 22.0. The molecule has 0 spiro atoms. The van der Waals surface area contributed by atoms with Crippen molar-refractivity contribution in [1.29, 1.82) is 5.26 Å². The fraction of sp³-hybridized carbons (Fsp3) is 0.158. The number of hydrogen-bond acceptors (Lipinski definition) is 3. The Morgan fingerprint density at radius 3 is 2.56 bits per heavy atom. The van der Waals surface area contributed by atoms with Crippen molar-refractivity contribution in [3.63, 3.8) is 0 Å². The van der Waals surface area contributed by atoms with Gasteiger partial charge >= 0.3 is 0 Å². The molecule has 0 bridgehead atoms. The molecule has 1 amide bonds. The fourth-order valence-electron chi connectivity index (χ4n) is 2.14. The van der Waals surface area contributed by atoms with E-state index in [2.05, 4.69) is 38.5 Å². The number of halogens is 4. The average Bonchev–Trinajstić information content (AvgIpc) is 2.61. The van der Waals surface area contributed by atoms with Crippen LogP contribution in [0.15, 0.2) is 40.4 Å². The van der Waals surface area contributed by atoms with Gasteiger partial charge in [0.15, 0.2) is 0 Å². The van der Waals surface area contributed by atoms with Gasteiger partial charge in [-0.15, -0.1) is 0 Å². The molecule has 0 fully saturated rings. The van der Waals surface area contributed by atoms with E-state index >= 15 is 0 Å². The van der Waals surface area contributed by atoms with Gasteiger partial charge in [0.1, 0.15) is 24.0 Å². The molecule has 0 unspecified atom stereocenters. The van der Waals surface area contributed by atoms with Crippen molar-refractivity contribution in [2.24, 2.45) is 0 Å². The Morgan fingerprint density at radius 2 is 2.00 bits per heavy atom. The summed E-state index contributed by atoms with van der Waals surface area (Å²) in [7, 11) is 3.21. The third kappa shape index (κ3) is 5.85. The summed E-state index contributed by atoms with van der Waals surface area (Å²) in [5.41, 5.74) is 1.67. The Morgan fingerprint density at radius 1 is 1.30 bits per heavy atom. The average molecular weight is 580 g/mol. The first-order valence-corrected chi connectivity index (χ1v) is 10.2. The van der Waals surface area contributed by atoms with Gasteiger partial charge in [0.25, 0.3) is 5.91 Å². The van der Waals surface area contributed by atoms with Gasteiger partial charge in [-0.1, -0.05) is 29.3 Å². The molecular formula is C19H14BrCl2IN2O2. The van der Waals surface area contributed by atoms with E-state index in [-0.39, 0.29) is 11.5 Å². The van der Waals surface area contributed by atoms with Gasteiger partial charge in [0.2, 0.25) is 0 Å². The summed E-state index contributed by atoms with van der Waals surface area (Å²) in [6, 6.07) is 10.9. The lowest BCUT2D eigenvalue weighted by Crippen LogP contribution is -2.22. The van der Waals surface area contributed by atoms with Crippen LogP contribution in [0.3, 0.4) is 0 Å². The monoisotopic (exact) mass is 578 g/mol. The van der Waals surface area contributed by atoms with E-state index in [0.717, 1.165) is 19.2 Å². The summed E-state index contributed by atoms with van der Waals surface area (Å²) in [4.78, 5) is 13.4. The van der Waals surface area contributed by atoms with Gasteiger partial charge in [-0.05, 0) is 80.0 Å². The van der Waals surface area contributed by atoms with E-state index in [4.69, 9.17) is 27.9 Å². The van der Waals surface area contributed by atoms with E-state index in [0.29, 0.717) is 22.4 Å². The Labute approximate surface area is 190 Å². The third-order valence-corrected chi connectivity index (χ3v) is 5.59. The number of ether oxygens (including phenoxy) is 1. The summed E-state index contributed by atoms with van der Waals surface area (Å²) < 4.78 is 7.46. The molecule has 27 heavy (non-hydrogen) atoms. The van der Waals surface area contributed by atoms with Crippen LogP contribution in [0, 0.1) is 14.9 Å². The molecular weight excluding hydrogens is 566 g/mol. The molecule has 2 aromatic rings. The van der Waals surface area contributed by atoms with Gasteiger partial charge in [0, 0.05) is 14.1 Å². The van der Waals surface area contributed by atoms with E-state index in [1.54, 1.807) is 38.4 Å². The molecule has 140 valence electrons. The van der Waals surface area contributed by atoms with E-state index < -0.39 is 0 Å². The first-order valence-electron chi connectivity index (χ1n) is 7.62. The Balaban J connectivity index is 2.25. The third-order valence-electron chi connectivity index (χ3n) is 3.46. The molecule has 0 aliphatic heterocycles. The quantitative estimate of drug-likeness (QED) is 0.250. The molecule has 0 radical (unpaired) electrons. The van der Waals surface area contributed by atoms with Crippen LogP contribution in [-0.4, -0.2) is 24.9 Å². The molecule has 0 N–H and O–H groups in total. The number of likely N-dealkylation sites (N-methyl/N-ethyl adjacent to an activating group) is 1. The molecule has 2 aromatic carbocycles. The van der Waals surface area contributed by atoms with Crippen molar-refractivity contribution < 1.29 is 9.53 Å². The fourth-order valence-corrected chi connectivity index (χ4v) is 4.22. The molecule has 0 saturated heterocycles. The smallest absolute Gasteiger partial charge is 0.264 e. The SMILES string of the molecule is CN(C)C(=O)/C(C#N)=C\c1cc(Br)c(OCc2ccc(Cl)c(Cl)c2)c(I)c1. The van der Waals surface area contributed by atoms with Crippen molar-refractivity contribution in [3.05, 3.63) is 65.1 Å². The Hall–Kier alpha value is -1.27. The van der Waals surface area contributed by atoms with Gasteiger partial charge in [-0.3, -0.25) is 4.79 Å². The van der Waals surface area contributed by atoms with Crippen molar-refractivity contribution in [2.45, 2.75) is 6.61 Å². The van der Waals surface area contributed by atoms with Gasteiger partial charge < -0.3 is 9.64 Å². The summed E-state index contributed by atoms with van der Waals surface area (Å²) >= 11 is 17.6. The highest BCUT2D eigenvalue weighted by molar-refractivity contribution is 14.1. The molecule has 0 heterocycles. The Kier molecular flexibility index (Phi) is 7.98. The molecule has 0 aliphatic carbocycles. The minimum Gasteiger partial charge on any atom is -0.487 e. The number of benzene rings is 2. The van der Waals surface area contributed by atoms with E-state index in [1.807, 2.05) is 18.2 Å². The lowest BCUT2D eigenvalue weighted by atomic mass is 10.1. The number of carbonyl (C=O) groups is 1. The number of carbonyl (C=O) groups excluding carboxylic acids is 1. The second-order valence-electron chi connectivity index (χ2n) is 5.72. The van der Waals surface area contributed by atoms with Crippen LogP contribution in [0.5, 0.6) is 5.75 Å². The topological polar surface area (TPSA) is 53.3 Å². The van der Waals surface area contributed by atoms with Gasteiger partial charge in [-0.25, -0.2) is 0 Å². The normalized spacial score (nSPS) is 11.1. The highest BCUT2D eigenvalue weighted by Gasteiger charge is 2.13. The predicted molar refractivity (Wildman–Crippen MR) is 120 cm³/mol. The zero-order valence-electron chi connectivity index (χ0n) is 14.4. The number of nitriles is 1. The number of hydrogen-bond donors (Lipinski definition) is 0. The minimum absolute atomic E-state index is 0.0622. The summed E-state index contributed by atoms with van der Waals surface area (Å²) in [6.45, 7) is 0.323. The maximum atomic E-state index is 12.0. The van der Waals surface area contributed by atoms with Crippen LogP contribution in [0.1, 0.15) is 11.1 Å². The van der Waals surface area contributed by atoms with E-state index in [1.165, 1.54) is 4.90 Å². The molecule has 0 aromatic heterocycles. The van der Waals surface area contributed by atoms with Gasteiger partial charge in [-0.2, -0.15) is 5.26 Å². The van der Waals surface area contributed by atoms with Crippen LogP contribution in [0.2, 0.25) is 10.0 Å². The number of rotatable bonds is 5. The van der Waals surface area contributed by atoms with Crippen molar-refractivity contribution in [2.75, 3.05) is 14.1 Å². The second kappa shape index (κ2) is 9.78. The maximum Gasteiger partial charge on any atom is 0.264 e. The van der Waals surface area contributed by atoms with Crippen molar-refractivity contribution in [3.8, 4) is 11.8 Å². The highest BCUT2D eigenvalue weighted by Crippen LogP contribution is 2.34. The van der Waals surface area contributed by atoms with Crippen LogP contribution >= 0.6 is 61.7 Å². The van der Waals surface area contributed by atoms with Crippen molar-refractivity contribution in [1.82, 2.24) is 4.90 Å². The zero-order chi connectivity index (χ0) is 20.1. The molecule has 2 rings (SSSR count). The first-order chi connectivity index (χ1) is 12.7. The number of amides is 1. The number of nitrogens with zero attached hydrogens (tertiary/aromatic N) is 2. The minimum atomic E-state index is -0.344. The second-order valence-corrected chi connectivity index (χ2v) is 8.55. The lowest BCUT2D eigenvalue weighted by molar-refractivity contribution is -0.124. The molecule has 0 atom stereocenters. The maximum absolute atomic E-state index is 12.0. The van der Waals surface area contributed by atoms with Crippen LogP contribution in [0.25, 0.3) is 6.08 Å². The van der Waals surface area contributed by atoms with Gasteiger partial charge in [0.05, 0.1) is 18.1 Å². The highest BCUT2D eigenvalue weighted by atomic mass is 127. The van der Waals surface area contributed by atoms with Crippen LogP contribution in [0.4, 0.5) is 0 Å². The van der Waals surface area contributed by atoms with Crippen molar-refractivity contribution >= 4 is 73.7 Å². The Bertz CT molecular complexity index is 932. The molecule has 0 aliphatic rings. The molecule has 8 heteroatoms. The largest absolute Gasteiger partial charge is 0.487 e. The summed E-state index contributed by atoms with van der Waals surface area (Å²) in [5.74, 6) is 0.319. The summed E-state index contributed by atoms with van der Waals surface area (Å²) in [5, 5.41) is 10.2. The zero-order valence-corrected chi connectivity index (χ0v) is 19.6. The molecule has 0 saturated carbocycles. The molecule has 4 nitrogen and oxygen atoms in total. The van der Waals surface area contributed by atoms with Crippen LogP contribution < -0.4 is 4.74 Å². The lowest BCUT2D eigenvalue weighted by Gasteiger charge is -2.13. The van der Waals surface area contributed by atoms with E-state index in [9.17, 15) is 10.1 Å². The van der Waals surface area contributed by atoms with Crippen LogP contribution in [-0.2, 0) is 11.4 Å².